The van der Waals surface area contributed by atoms with Crippen molar-refractivity contribution < 1.29 is 13.2 Å². The van der Waals surface area contributed by atoms with Gasteiger partial charge < -0.3 is 9.80 Å². The molecule has 0 amide bonds. The first kappa shape index (κ1) is 15.6. The Morgan fingerprint density at radius 3 is 2.30 bits per heavy atom. The lowest BCUT2D eigenvalue weighted by Gasteiger charge is -2.37. The van der Waals surface area contributed by atoms with Crippen molar-refractivity contribution in [3.05, 3.63) is 53.7 Å². The van der Waals surface area contributed by atoms with Gasteiger partial charge in [0.05, 0.1) is 5.56 Å². The summed E-state index contributed by atoms with van der Waals surface area (Å²) in [6.07, 6.45) is -2.96. The number of pyridine rings is 1. The highest BCUT2D eigenvalue weighted by Gasteiger charge is 2.36. The van der Waals surface area contributed by atoms with Crippen molar-refractivity contribution in [2.75, 3.05) is 36.0 Å². The standard InChI is InChI=1S/C17H18F3N3/c1-13-4-2-5-14(12-13)22-8-10-23(11-9-22)16-15(17(18,19)20)6-3-7-21-16/h2-7,12H,8-11H2,1H3. The average molecular weight is 321 g/mol. The van der Waals surface area contributed by atoms with Crippen LogP contribution in [0.15, 0.2) is 42.6 Å². The Labute approximate surface area is 133 Å². The summed E-state index contributed by atoms with van der Waals surface area (Å²) in [5.74, 6) is 0.0314. The van der Waals surface area contributed by atoms with Gasteiger partial charge in [-0.1, -0.05) is 12.1 Å². The van der Waals surface area contributed by atoms with E-state index in [9.17, 15) is 13.2 Å². The van der Waals surface area contributed by atoms with E-state index in [-0.39, 0.29) is 5.82 Å². The second-order valence-electron chi connectivity index (χ2n) is 5.69. The van der Waals surface area contributed by atoms with E-state index in [1.54, 1.807) is 4.90 Å². The van der Waals surface area contributed by atoms with Crippen LogP contribution in [0.25, 0.3) is 0 Å². The van der Waals surface area contributed by atoms with Gasteiger partial charge in [0.2, 0.25) is 0 Å². The maximum absolute atomic E-state index is 13.1. The van der Waals surface area contributed by atoms with Crippen molar-refractivity contribution in [2.45, 2.75) is 13.1 Å². The molecule has 1 aliphatic rings. The number of aryl methyl sites for hydroxylation is 1. The number of nitrogens with zero attached hydrogens (tertiary/aromatic N) is 3. The van der Waals surface area contributed by atoms with Gasteiger partial charge in [0.25, 0.3) is 0 Å². The van der Waals surface area contributed by atoms with E-state index in [0.29, 0.717) is 26.2 Å². The molecule has 0 radical (unpaired) electrons. The van der Waals surface area contributed by atoms with Crippen molar-refractivity contribution in [1.82, 2.24) is 4.98 Å². The van der Waals surface area contributed by atoms with E-state index in [4.69, 9.17) is 0 Å². The van der Waals surface area contributed by atoms with Crippen molar-refractivity contribution >= 4 is 11.5 Å². The summed E-state index contributed by atoms with van der Waals surface area (Å²) >= 11 is 0. The number of hydrogen-bond donors (Lipinski definition) is 0. The van der Waals surface area contributed by atoms with Crippen LogP contribution in [0.2, 0.25) is 0 Å². The van der Waals surface area contributed by atoms with Crippen LogP contribution < -0.4 is 9.80 Å². The zero-order chi connectivity index (χ0) is 16.4. The fraction of sp³-hybridized carbons (Fsp3) is 0.353. The molecular weight excluding hydrogens is 303 g/mol. The van der Waals surface area contributed by atoms with Gasteiger partial charge >= 0.3 is 6.18 Å². The average Bonchev–Trinajstić information content (AvgIpc) is 2.54. The third-order valence-corrected chi connectivity index (χ3v) is 4.04. The number of anilines is 2. The molecule has 1 aliphatic heterocycles. The van der Waals surface area contributed by atoms with E-state index in [1.807, 2.05) is 25.1 Å². The molecule has 3 rings (SSSR count). The summed E-state index contributed by atoms with van der Waals surface area (Å²) in [5, 5.41) is 0. The molecule has 0 spiro atoms. The molecule has 0 aliphatic carbocycles. The number of piperazine rings is 1. The van der Waals surface area contributed by atoms with Gasteiger partial charge in [0, 0.05) is 38.1 Å². The predicted octanol–water partition coefficient (Wildman–Crippen LogP) is 3.74. The molecule has 1 fully saturated rings. The Bertz CT molecular complexity index is 677. The third-order valence-electron chi connectivity index (χ3n) is 4.04. The van der Waals surface area contributed by atoms with Crippen molar-refractivity contribution in [3.63, 3.8) is 0 Å². The van der Waals surface area contributed by atoms with E-state index in [2.05, 4.69) is 16.0 Å². The van der Waals surface area contributed by atoms with Gasteiger partial charge in [-0.15, -0.1) is 0 Å². The quantitative estimate of drug-likeness (QED) is 0.840. The molecule has 6 heteroatoms. The van der Waals surface area contributed by atoms with Gasteiger partial charge in [-0.05, 0) is 36.8 Å². The first-order valence-corrected chi connectivity index (χ1v) is 7.54. The lowest BCUT2D eigenvalue weighted by Crippen LogP contribution is -2.47. The monoisotopic (exact) mass is 321 g/mol. The van der Waals surface area contributed by atoms with Crippen LogP contribution in [0.4, 0.5) is 24.7 Å². The topological polar surface area (TPSA) is 19.4 Å². The predicted molar refractivity (Wildman–Crippen MR) is 84.8 cm³/mol. The van der Waals surface area contributed by atoms with Gasteiger partial charge in [-0.2, -0.15) is 13.2 Å². The number of alkyl halides is 3. The highest BCUT2D eigenvalue weighted by atomic mass is 19.4. The minimum atomic E-state index is -4.38. The lowest BCUT2D eigenvalue weighted by atomic mass is 10.1. The third kappa shape index (κ3) is 3.41. The van der Waals surface area contributed by atoms with Crippen LogP contribution in [-0.4, -0.2) is 31.2 Å². The lowest BCUT2D eigenvalue weighted by molar-refractivity contribution is -0.137. The maximum Gasteiger partial charge on any atom is 0.419 e. The van der Waals surface area contributed by atoms with Crippen molar-refractivity contribution in [3.8, 4) is 0 Å². The van der Waals surface area contributed by atoms with Gasteiger partial charge in [0.15, 0.2) is 0 Å². The van der Waals surface area contributed by atoms with Crippen LogP contribution >= 0.6 is 0 Å². The number of rotatable bonds is 2. The number of benzene rings is 1. The zero-order valence-electron chi connectivity index (χ0n) is 12.8. The fourth-order valence-electron chi connectivity index (χ4n) is 2.87. The smallest absolute Gasteiger partial charge is 0.368 e. The number of halogens is 3. The molecule has 0 N–H and O–H groups in total. The van der Waals surface area contributed by atoms with E-state index in [0.717, 1.165) is 11.8 Å². The van der Waals surface area contributed by atoms with Crippen LogP contribution in [-0.2, 0) is 6.18 Å². The van der Waals surface area contributed by atoms with E-state index in [1.165, 1.54) is 17.8 Å². The number of hydrogen-bond acceptors (Lipinski definition) is 3. The number of aromatic nitrogens is 1. The first-order chi connectivity index (χ1) is 10.9. The second-order valence-corrected chi connectivity index (χ2v) is 5.69. The Morgan fingerprint density at radius 2 is 1.65 bits per heavy atom. The normalized spacial score (nSPS) is 15.8. The van der Waals surface area contributed by atoms with Gasteiger partial charge in [-0.3, -0.25) is 0 Å². The Hall–Kier alpha value is -2.24. The summed E-state index contributed by atoms with van der Waals surface area (Å²) in [6.45, 7) is 4.43. The molecule has 1 aromatic carbocycles. The molecular formula is C17H18F3N3. The van der Waals surface area contributed by atoms with Crippen LogP contribution in [0.5, 0.6) is 0 Å². The molecule has 122 valence electrons. The highest BCUT2D eigenvalue weighted by molar-refractivity contribution is 5.53. The zero-order valence-corrected chi connectivity index (χ0v) is 12.8. The van der Waals surface area contributed by atoms with Gasteiger partial charge in [0.1, 0.15) is 5.82 Å². The fourth-order valence-corrected chi connectivity index (χ4v) is 2.87. The maximum atomic E-state index is 13.1. The molecule has 3 nitrogen and oxygen atoms in total. The molecule has 0 unspecified atom stereocenters. The van der Waals surface area contributed by atoms with Crippen molar-refractivity contribution in [2.24, 2.45) is 0 Å². The molecule has 1 aromatic heterocycles. The summed E-state index contributed by atoms with van der Waals surface area (Å²) < 4.78 is 39.3. The molecule has 0 saturated carbocycles. The van der Waals surface area contributed by atoms with Crippen LogP contribution in [0, 0.1) is 6.92 Å². The van der Waals surface area contributed by atoms with Crippen LogP contribution in [0.3, 0.4) is 0 Å². The molecule has 23 heavy (non-hydrogen) atoms. The van der Waals surface area contributed by atoms with Crippen molar-refractivity contribution in [1.29, 1.82) is 0 Å². The summed E-state index contributed by atoms with van der Waals surface area (Å²) in [6, 6.07) is 10.6. The molecule has 1 saturated heterocycles. The van der Waals surface area contributed by atoms with Crippen LogP contribution in [0.1, 0.15) is 11.1 Å². The Balaban J connectivity index is 1.75. The summed E-state index contributed by atoms with van der Waals surface area (Å²) in [4.78, 5) is 7.88. The minimum Gasteiger partial charge on any atom is -0.368 e. The highest BCUT2D eigenvalue weighted by Crippen LogP contribution is 2.35. The van der Waals surface area contributed by atoms with E-state index >= 15 is 0 Å². The Kier molecular flexibility index (Phi) is 4.15. The van der Waals surface area contributed by atoms with Gasteiger partial charge in [-0.25, -0.2) is 4.98 Å². The first-order valence-electron chi connectivity index (χ1n) is 7.54. The molecule has 2 heterocycles. The SMILES string of the molecule is Cc1cccc(N2CCN(c3ncccc3C(F)(F)F)CC2)c1. The second kappa shape index (κ2) is 6.10. The summed E-state index contributed by atoms with van der Waals surface area (Å²) in [5.41, 5.74) is 1.62. The van der Waals surface area contributed by atoms with E-state index < -0.39 is 11.7 Å². The summed E-state index contributed by atoms with van der Waals surface area (Å²) in [7, 11) is 0. The molecule has 0 bridgehead atoms. The minimum absolute atomic E-state index is 0.0314. The molecule has 0 atom stereocenters. The Morgan fingerprint density at radius 1 is 0.957 bits per heavy atom. The molecule has 2 aromatic rings. The largest absolute Gasteiger partial charge is 0.419 e.